The lowest BCUT2D eigenvalue weighted by Crippen LogP contribution is -2.37. The van der Waals surface area contributed by atoms with Crippen LogP contribution in [0.2, 0.25) is 0 Å². The Balaban J connectivity index is 1.44. The SMILES string of the molecule is N#Cc1c2c(n(-c3ccccc3)c1NC(=O)CN1CCc3sccc3C1)CCCC2. The van der Waals surface area contributed by atoms with Gasteiger partial charge in [-0.25, -0.2) is 0 Å². The van der Waals surface area contributed by atoms with Gasteiger partial charge in [0.05, 0.1) is 12.1 Å². The van der Waals surface area contributed by atoms with Crippen LogP contribution in [0.4, 0.5) is 5.82 Å². The Labute approximate surface area is 180 Å². The van der Waals surface area contributed by atoms with E-state index < -0.39 is 0 Å². The molecule has 1 amide bonds. The van der Waals surface area contributed by atoms with Crippen LogP contribution in [0, 0.1) is 11.3 Å². The van der Waals surface area contributed by atoms with Crippen LogP contribution in [0.1, 0.15) is 40.1 Å². The van der Waals surface area contributed by atoms with Crippen molar-refractivity contribution in [2.45, 2.75) is 38.6 Å². The number of aromatic nitrogens is 1. The van der Waals surface area contributed by atoms with Gasteiger partial charge in [-0.1, -0.05) is 18.2 Å². The fourth-order valence-corrected chi connectivity index (χ4v) is 5.60. The van der Waals surface area contributed by atoms with E-state index in [1.165, 1.54) is 16.1 Å². The number of rotatable bonds is 4. The summed E-state index contributed by atoms with van der Waals surface area (Å²) in [5.74, 6) is 0.575. The number of hydrogen-bond acceptors (Lipinski definition) is 4. The van der Waals surface area contributed by atoms with Gasteiger partial charge in [0.25, 0.3) is 0 Å². The number of nitrogens with one attached hydrogen (secondary N) is 1. The van der Waals surface area contributed by atoms with Crippen molar-refractivity contribution >= 4 is 23.1 Å². The van der Waals surface area contributed by atoms with Crippen molar-refractivity contribution in [1.82, 2.24) is 9.47 Å². The first-order valence-electron chi connectivity index (χ1n) is 10.5. The molecule has 1 N–H and O–H groups in total. The van der Waals surface area contributed by atoms with Gasteiger partial charge >= 0.3 is 0 Å². The van der Waals surface area contributed by atoms with Gasteiger partial charge in [-0.15, -0.1) is 11.3 Å². The number of thiophene rings is 1. The zero-order valence-corrected chi connectivity index (χ0v) is 17.7. The maximum absolute atomic E-state index is 13.0. The van der Waals surface area contributed by atoms with Crippen LogP contribution in [0.15, 0.2) is 41.8 Å². The Morgan fingerprint density at radius 1 is 1.13 bits per heavy atom. The number of benzene rings is 1. The van der Waals surface area contributed by atoms with Crippen molar-refractivity contribution in [3.05, 3.63) is 69.0 Å². The van der Waals surface area contributed by atoms with Gasteiger partial charge in [0.15, 0.2) is 0 Å². The predicted octanol–water partition coefficient (Wildman–Crippen LogP) is 4.29. The summed E-state index contributed by atoms with van der Waals surface area (Å²) in [5, 5.41) is 15.2. The lowest BCUT2D eigenvalue weighted by molar-refractivity contribution is -0.117. The first-order chi connectivity index (χ1) is 14.7. The summed E-state index contributed by atoms with van der Waals surface area (Å²) in [7, 11) is 0. The number of hydrogen-bond donors (Lipinski definition) is 1. The Bertz CT molecular complexity index is 1120. The fourth-order valence-electron chi connectivity index (χ4n) is 4.71. The highest BCUT2D eigenvalue weighted by Crippen LogP contribution is 2.35. The molecule has 1 aromatic carbocycles. The number of nitriles is 1. The number of amides is 1. The van der Waals surface area contributed by atoms with E-state index in [2.05, 4.69) is 32.3 Å². The zero-order valence-electron chi connectivity index (χ0n) is 16.9. The average Bonchev–Trinajstić information content (AvgIpc) is 3.35. The Hall–Kier alpha value is -2.88. The summed E-state index contributed by atoms with van der Waals surface area (Å²) in [6.45, 7) is 2.04. The molecule has 0 bridgehead atoms. The van der Waals surface area contributed by atoms with E-state index in [-0.39, 0.29) is 5.91 Å². The quantitative estimate of drug-likeness (QED) is 0.690. The normalized spacial score (nSPS) is 15.8. The zero-order chi connectivity index (χ0) is 20.5. The second kappa shape index (κ2) is 8.10. The molecule has 5 nitrogen and oxygen atoms in total. The monoisotopic (exact) mass is 416 g/mol. The van der Waals surface area contributed by atoms with E-state index in [1.807, 2.05) is 30.3 Å². The molecule has 5 rings (SSSR count). The minimum atomic E-state index is -0.0581. The van der Waals surface area contributed by atoms with Crippen LogP contribution in [0.5, 0.6) is 0 Å². The first-order valence-corrected chi connectivity index (χ1v) is 11.4. The van der Waals surface area contributed by atoms with E-state index in [1.54, 1.807) is 11.3 Å². The van der Waals surface area contributed by atoms with Crippen molar-refractivity contribution in [1.29, 1.82) is 5.26 Å². The minimum absolute atomic E-state index is 0.0581. The summed E-state index contributed by atoms with van der Waals surface area (Å²) in [5.41, 5.74) is 5.22. The van der Waals surface area contributed by atoms with Gasteiger partial charge in [-0.2, -0.15) is 5.26 Å². The highest BCUT2D eigenvalue weighted by molar-refractivity contribution is 7.10. The lowest BCUT2D eigenvalue weighted by Gasteiger charge is -2.26. The molecule has 0 unspecified atom stereocenters. The van der Waals surface area contributed by atoms with Gasteiger partial charge in [0.1, 0.15) is 11.9 Å². The van der Waals surface area contributed by atoms with Crippen LogP contribution in [0.25, 0.3) is 5.69 Å². The molecule has 1 aliphatic heterocycles. The Morgan fingerprint density at radius 2 is 1.97 bits per heavy atom. The number of carbonyl (C=O) groups is 1. The van der Waals surface area contributed by atoms with Gasteiger partial charge in [-0.05, 0) is 66.8 Å². The molecule has 2 aromatic heterocycles. The number of anilines is 1. The molecule has 0 atom stereocenters. The second-order valence-electron chi connectivity index (χ2n) is 8.02. The highest BCUT2D eigenvalue weighted by Gasteiger charge is 2.27. The summed E-state index contributed by atoms with van der Waals surface area (Å²) < 4.78 is 2.10. The van der Waals surface area contributed by atoms with Crippen LogP contribution >= 0.6 is 11.3 Å². The molecule has 3 aromatic rings. The highest BCUT2D eigenvalue weighted by atomic mass is 32.1. The van der Waals surface area contributed by atoms with Crippen LogP contribution in [-0.2, 0) is 30.6 Å². The number of carbonyl (C=O) groups excluding carboxylic acids is 1. The first kappa shape index (κ1) is 19.1. The Kier molecular flexibility index (Phi) is 5.16. The fraction of sp³-hybridized carbons (Fsp3) is 0.333. The van der Waals surface area contributed by atoms with E-state index in [9.17, 15) is 10.1 Å². The molecule has 152 valence electrons. The molecule has 6 heteroatoms. The van der Waals surface area contributed by atoms with Crippen molar-refractivity contribution in [3.63, 3.8) is 0 Å². The summed E-state index contributed by atoms with van der Waals surface area (Å²) >= 11 is 1.80. The molecule has 2 aliphatic rings. The molecule has 1 aliphatic carbocycles. The maximum Gasteiger partial charge on any atom is 0.239 e. The molecule has 30 heavy (non-hydrogen) atoms. The standard InChI is InChI=1S/C24H24N4OS/c25-14-20-19-8-4-5-9-21(19)28(18-6-2-1-3-7-18)24(20)26-23(29)16-27-12-10-22-17(15-27)11-13-30-22/h1-3,6-7,11,13H,4-5,8-10,12,15-16H2,(H,26,29). The smallest absolute Gasteiger partial charge is 0.239 e. The number of fused-ring (bicyclic) bond motifs is 2. The lowest BCUT2D eigenvalue weighted by atomic mass is 9.95. The second-order valence-corrected chi connectivity index (χ2v) is 9.02. The topological polar surface area (TPSA) is 61.1 Å². The van der Waals surface area contributed by atoms with E-state index >= 15 is 0 Å². The maximum atomic E-state index is 13.0. The van der Waals surface area contributed by atoms with Gasteiger partial charge < -0.3 is 5.32 Å². The third-order valence-electron chi connectivity index (χ3n) is 6.11. The van der Waals surface area contributed by atoms with E-state index in [0.29, 0.717) is 17.9 Å². The van der Waals surface area contributed by atoms with Gasteiger partial charge in [0.2, 0.25) is 5.91 Å². The third kappa shape index (κ3) is 3.45. The Morgan fingerprint density at radius 3 is 2.80 bits per heavy atom. The summed E-state index contributed by atoms with van der Waals surface area (Å²) in [4.78, 5) is 16.6. The molecule has 0 saturated carbocycles. The van der Waals surface area contributed by atoms with Crippen molar-refractivity contribution in [2.75, 3.05) is 18.4 Å². The van der Waals surface area contributed by atoms with Gasteiger partial charge in [-0.3, -0.25) is 14.3 Å². The van der Waals surface area contributed by atoms with Gasteiger partial charge in [0, 0.05) is 29.3 Å². The molecular weight excluding hydrogens is 392 g/mol. The number of para-hydroxylation sites is 1. The number of nitrogens with zero attached hydrogens (tertiary/aromatic N) is 3. The van der Waals surface area contributed by atoms with Crippen LogP contribution in [0.3, 0.4) is 0 Å². The van der Waals surface area contributed by atoms with Crippen LogP contribution < -0.4 is 5.32 Å². The van der Waals surface area contributed by atoms with Crippen molar-refractivity contribution < 1.29 is 4.79 Å². The van der Waals surface area contributed by atoms with Crippen molar-refractivity contribution in [3.8, 4) is 11.8 Å². The van der Waals surface area contributed by atoms with Crippen LogP contribution in [-0.4, -0.2) is 28.5 Å². The summed E-state index contributed by atoms with van der Waals surface area (Å²) in [6, 6.07) is 14.6. The summed E-state index contributed by atoms with van der Waals surface area (Å²) in [6.07, 6.45) is 5.03. The van der Waals surface area contributed by atoms with Crippen molar-refractivity contribution in [2.24, 2.45) is 0 Å². The third-order valence-corrected chi connectivity index (χ3v) is 7.13. The molecular formula is C24H24N4OS. The minimum Gasteiger partial charge on any atom is -0.310 e. The van der Waals surface area contributed by atoms with E-state index in [0.717, 1.165) is 56.4 Å². The van der Waals surface area contributed by atoms with E-state index in [4.69, 9.17) is 0 Å². The predicted molar refractivity (Wildman–Crippen MR) is 119 cm³/mol. The molecule has 0 spiro atoms. The molecule has 0 saturated heterocycles. The molecule has 0 fully saturated rings. The molecule has 0 radical (unpaired) electrons. The molecule has 3 heterocycles. The average molecular weight is 417 g/mol. The largest absolute Gasteiger partial charge is 0.310 e.